The Morgan fingerprint density at radius 3 is 2.74 bits per heavy atom. The van der Waals surface area contributed by atoms with Crippen molar-refractivity contribution in [2.45, 2.75) is 19.0 Å². The first-order valence-corrected chi connectivity index (χ1v) is 8.47. The van der Waals surface area contributed by atoms with Gasteiger partial charge in [0.05, 0.1) is 11.9 Å². The molecule has 2 aromatic rings. The summed E-state index contributed by atoms with van der Waals surface area (Å²) in [5, 5.41) is 17.6. The van der Waals surface area contributed by atoms with Gasteiger partial charge in [0.1, 0.15) is 23.1 Å². The van der Waals surface area contributed by atoms with Crippen LogP contribution >= 0.6 is 0 Å². The summed E-state index contributed by atoms with van der Waals surface area (Å²) in [7, 11) is 0. The van der Waals surface area contributed by atoms with Crippen molar-refractivity contribution < 1.29 is 13.2 Å². The van der Waals surface area contributed by atoms with Crippen molar-refractivity contribution in [3.05, 3.63) is 35.8 Å². The number of piperidine rings is 1. The third kappa shape index (κ3) is 5.04. The van der Waals surface area contributed by atoms with Gasteiger partial charge >= 0.3 is 6.18 Å². The first-order chi connectivity index (χ1) is 13.0. The van der Waals surface area contributed by atoms with Gasteiger partial charge in [0.15, 0.2) is 0 Å². The zero-order valence-electron chi connectivity index (χ0n) is 14.3. The van der Waals surface area contributed by atoms with E-state index in [1.165, 1.54) is 12.3 Å². The summed E-state index contributed by atoms with van der Waals surface area (Å²) in [5.74, 6) is -0.000103. The lowest BCUT2D eigenvalue weighted by Crippen LogP contribution is -2.34. The van der Waals surface area contributed by atoms with Crippen LogP contribution in [-0.2, 0) is 6.18 Å². The molecule has 3 rings (SSSR count). The van der Waals surface area contributed by atoms with E-state index in [0.717, 1.165) is 32.1 Å². The fourth-order valence-corrected chi connectivity index (χ4v) is 2.79. The van der Waals surface area contributed by atoms with Crippen LogP contribution < -0.4 is 16.0 Å². The molecular formula is C17H18F3N7. The van der Waals surface area contributed by atoms with Crippen molar-refractivity contribution in [2.24, 2.45) is 5.92 Å². The Hall–Kier alpha value is -2.93. The monoisotopic (exact) mass is 377 g/mol. The highest BCUT2D eigenvalue weighted by molar-refractivity contribution is 5.56. The summed E-state index contributed by atoms with van der Waals surface area (Å²) < 4.78 is 39.8. The maximum Gasteiger partial charge on any atom is 0.421 e. The van der Waals surface area contributed by atoms with Crippen LogP contribution in [0.1, 0.15) is 24.1 Å². The van der Waals surface area contributed by atoms with Gasteiger partial charge in [-0.25, -0.2) is 9.97 Å². The van der Waals surface area contributed by atoms with E-state index in [1.807, 2.05) is 6.07 Å². The van der Waals surface area contributed by atoms with E-state index in [0.29, 0.717) is 12.2 Å². The Morgan fingerprint density at radius 2 is 2.11 bits per heavy atom. The van der Waals surface area contributed by atoms with Crippen molar-refractivity contribution in [3.8, 4) is 6.07 Å². The molecule has 1 aliphatic rings. The first kappa shape index (κ1) is 18.8. The molecule has 0 bridgehead atoms. The van der Waals surface area contributed by atoms with Crippen molar-refractivity contribution in [2.75, 3.05) is 30.3 Å². The number of nitrogens with one attached hydrogen (secondary N) is 3. The number of hydrogen-bond donors (Lipinski definition) is 3. The normalized spacial score (nSPS) is 17.2. The lowest BCUT2D eigenvalue weighted by molar-refractivity contribution is -0.137. The van der Waals surface area contributed by atoms with Crippen LogP contribution in [0.4, 0.5) is 30.6 Å². The van der Waals surface area contributed by atoms with Crippen LogP contribution in [-0.4, -0.2) is 34.6 Å². The maximum atomic E-state index is 13.3. The summed E-state index contributed by atoms with van der Waals surface area (Å²) in [6, 6.07) is 4.95. The van der Waals surface area contributed by atoms with E-state index < -0.39 is 11.7 Å². The molecular weight excluding hydrogens is 359 g/mol. The zero-order chi connectivity index (χ0) is 19.3. The average molecular weight is 377 g/mol. The summed E-state index contributed by atoms with van der Waals surface area (Å²) >= 11 is 0. The molecule has 142 valence electrons. The molecule has 0 amide bonds. The number of anilines is 3. The number of hydrogen-bond acceptors (Lipinski definition) is 7. The summed E-state index contributed by atoms with van der Waals surface area (Å²) in [5.41, 5.74) is -0.205. The van der Waals surface area contributed by atoms with E-state index >= 15 is 0 Å². The van der Waals surface area contributed by atoms with Crippen LogP contribution in [0.3, 0.4) is 0 Å². The molecule has 10 heteroatoms. The highest BCUT2D eigenvalue weighted by atomic mass is 19.4. The molecule has 2 aromatic heterocycles. The predicted molar refractivity (Wildman–Crippen MR) is 93.4 cm³/mol. The molecule has 1 atom stereocenters. The molecule has 1 fully saturated rings. The zero-order valence-corrected chi connectivity index (χ0v) is 14.3. The van der Waals surface area contributed by atoms with Crippen LogP contribution in [0.15, 0.2) is 24.5 Å². The number of alkyl halides is 3. The molecule has 1 saturated heterocycles. The predicted octanol–water partition coefficient (Wildman–Crippen LogP) is 2.92. The van der Waals surface area contributed by atoms with Crippen molar-refractivity contribution in [1.82, 2.24) is 20.3 Å². The van der Waals surface area contributed by atoms with E-state index in [4.69, 9.17) is 5.26 Å². The second kappa shape index (κ2) is 8.18. The number of pyridine rings is 1. The van der Waals surface area contributed by atoms with Crippen LogP contribution in [0.5, 0.6) is 0 Å². The SMILES string of the molecule is N#Cc1ccc(Nc2ncc(C(F)(F)F)c(NC[C@@H]3CCCNC3)n2)cn1. The minimum atomic E-state index is -4.55. The number of nitrogens with zero attached hydrogens (tertiary/aromatic N) is 4. The quantitative estimate of drug-likeness (QED) is 0.737. The Labute approximate surface area is 154 Å². The Bertz CT molecular complexity index is 809. The minimum Gasteiger partial charge on any atom is -0.369 e. The molecule has 0 aromatic carbocycles. The highest BCUT2D eigenvalue weighted by Crippen LogP contribution is 2.34. The van der Waals surface area contributed by atoms with Crippen LogP contribution in [0.2, 0.25) is 0 Å². The molecule has 0 spiro atoms. The summed E-state index contributed by atoms with van der Waals surface area (Å²) in [6.07, 6.45) is -0.453. The van der Waals surface area contributed by atoms with Gasteiger partial charge in [0, 0.05) is 12.7 Å². The van der Waals surface area contributed by atoms with Crippen molar-refractivity contribution in [1.29, 1.82) is 5.26 Å². The molecule has 3 heterocycles. The largest absolute Gasteiger partial charge is 0.421 e. The van der Waals surface area contributed by atoms with Gasteiger partial charge < -0.3 is 16.0 Å². The topological polar surface area (TPSA) is 98.5 Å². The first-order valence-electron chi connectivity index (χ1n) is 8.47. The van der Waals surface area contributed by atoms with Gasteiger partial charge in [-0.2, -0.15) is 23.4 Å². The molecule has 0 aliphatic carbocycles. The fourth-order valence-electron chi connectivity index (χ4n) is 2.79. The lowest BCUT2D eigenvalue weighted by atomic mass is 10.00. The second-order valence-electron chi connectivity index (χ2n) is 6.22. The van der Waals surface area contributed by atoms with E-state index in [-0.39, 0.29) is 23.4 Å². The third-order valence-corrected chi connectivity index (χ3v) is 4.19. The number of nitriles is 1. The van der Waals surface area contributed by atoms with Gasteiger partial charge in [-0.1, -0.05) is 0 Å². The molecule has 1 aliphatic heterocycles. The Balaban J connectivity index is 1.77. The molecule has 3 N–H and O–H groups in total. The maximum absolute atomic E-state index is 13.3. The van der Waals surface area contributed by atoms with Gasteiger partial charge in [-0.3, -0.25) is 0 Å². The lowest BCUT2D eigenvalue weighted by Gasteiger charge is -2.24. The van der Waals surface area contributed by atoms with Gasteiger partial charge in [0.25, 0.3) is 0 Å². The van der Waals surface area contributed by atoms with E-state index in [2.05, 4.69) is 30.9 Å². The van der Waals surface area contributed by atoms with Gasteiger partial charge in [-0.15, -0.1) is 0 Å². The van der Waals surface area contributed by atoms with Crippen LogP contribution in [0, 0.1) is 17.2 Å². The van der Waals surface area contributed by atoms with Gasteiger partial charge in [0.2, 0.25) is 5.95 Å². The van der Waals surface area contributed by atoms with E-state index in [1.54, 1.807) is 6.07 Å². The Morgan fingerprint density at radius 1 is 1.26 bits per heavy atom. The molecule has 0 unspecified atom stereocenters. The molecule has 27 heavy (non-hydrogen) atoms. The third-order valence-electron chi connectivity index (χ3n) is 4.19. The smallest absolute Gasteiger partial charge is 0.369 e. The highest BCUT2D eigenvalue weighted by Gasteiger charge is 2.35. The van der Waals surface area contributed by atoms with Gasteiger partial charge in [-0.05, 0) is 44.0 Å². The number of aromatic nitrogens is 3. The van der Waals surface area contributed by atoms with Crippen LogP contribution in [0.25, 0.3) is 0 Å². The average Bonchev–Trinajstić information content (AvgIpc) is 2.67. The molecule has 0 saturated carbocycles. The fraction of sp³-hybridized carbons (Fsp3) is 0.412. The standard InChI is InChI=1S/C17H18F3N7/c18-17(19,20)14-10-25-16(26-13-4-3-12(6-21)23-9-13)27-15(14)24-8-11-2-1-5-22-7-11/h3-4,9-11,22H,1-2,5,7-8H2,(H2,24,25,26,27)/t11-/m1/s1. The summed E-state index contributed by atoms with van der Waals surface area (Å²) in [4.78, 5) is 11.6. The Kier molecular flexibility index (Phi) is 5.71. The molecule has 0 radical (unpaired) electrons. The van der Waals surface area contributed by atoms with Crippen molar-refractivity contribution >= 4 is 17.5 Å². The number of halogens is 3. The summed E-state index contributed by atoms with van der Waals surface area (Å²) in [6.45, 7) is 2.09. The molecule has 7 nitrogen and oxygen atoms in total. The number of rotatable bonds is 5. The van der Waals surface area contributed by atoms with E-state index in [9.17, 15) is 13.2 Å². The van der Waals surface area contributed by atoms with Crippen molar-refractivity contribution in [3.63, 3.8) is 0 Å². The minimum absolute atomic E-state index is 0.0128. The second-order valence-corrected chi connectivity index (χ2v) is 6.22.